The molecular weight excluding hydrogens is 320 g/mol. The highest BCUT2D eigenvalue weighted by atomic mass is 79.9. The zero-order valence-electron chi connectivity index (χ0n) is 10.7. The van der Waals surface area contributed by atoms with Gasteiger partial charge < -0.3 is 9.73 Å². The van der Waals surface area contributed by atoms with Gasteiger partial charge in [-0.1, -0.05) is 18.2 Å². The van der Waals surface area contributed by atoms with E-state index in [-0.39, 0.29) is 5.91 Å². The summed E-state index contributed by atoms with van der Waals surface area (Å²) in [6.07, 6.45) is 1.46. The number of carbonyl (C=O) groups is 1. The number of hydrogen-bond acceptors (Lipinski definition) is 3. The Morgan fingerprint density at radius 3 is 2.85 bits per heavy atom. The fourth-order valence-electron chi connectivity index (χ4n) is 1.99. The maximum Gasteiger partial charge on any atom is 0.260 e. The lowest BCUT2D eigenvalue weighted by Crippen LogP contribution is -2.12. The lowest BCUT2D eigenvalue weighted by atomic mass is 10.1. The highest BCUT2D eigenvalue weighted by molar-refractivity contribution is 9.10. The van der Waals surface area contributed by atoms with Crippen LogP contribution in [0.3, 0.4) is 0 Å². The lowest BCUT2D eigenvalue weighted by molar-refractivity contribution is 0.102. The van der Waals surface area contributed by atoms with Gasteiger partial charge in [-0.15, -0.1) is 0 Å². The number of rotatable bonds is 2. The number of benzene rings is 1. The molecule has 0 radical (unpaired) electrons. The predicted octanol–water partition coefficient (Wildman–Crippen LogP) is 4.15. The van der Waals surface area contributed by atoms with Crippen LogP contribution in [0, 0.1) is 6.92 Å². The molecule has 0 bridgehead atoms. The number of nitrogens with one attached hydrogen (secondary N) is 1. The highest BCUT2D eigenvalue weighted by Gasteiger charge is 2.14. The molecule has 1 N–H and O–H groups in total. The molecule has 0 saturated heterocycles. The van der Waals surface area contributed by atoms with Crippen LogP contribution in [0.2, 0.25) is 0 Å². The van der Waals surface area contributed by atoms with Gasteiger partial charge in [0.05, 0.1) is 23.0 Å². The summed E-state index contributed by atoms with van der Waals surface area (Å²) in [7, 11) is 0. The summed E-state index contributed by atoms with van der Waals surface area (Å²) in [6, 6.07) is 11.2. The summed E-state index contributed by atoms with van der Waals surface area (Å²) in [4.78, 5) is 16.7. The Labute approximate surface area is 123 Å². The summed E-state index contributed by atoms with van der Waals surface area (Å²) >= 11 is 3.20. The van der Waals surface area contributed by atoms with Gasteiger partial charge in [0.2, 0.25) is 0 Å². The van der Waals surface area contributed by atoms with E-state index in [9.17, 15) is 4.79 Å². The Bertz CT molecular complexity index is 795. The van der Waals surface area contributed by atoms with Gasteiger partial charge in [-0.2, -0.15) is 0 Å². The van der Waals surface area contributed by atoms with Crippen LogP contribution < -0.4 is 5.32 Å². The van der Waals surface area contributed by atoms with E-state index >= 15 is 0 Å². The first kappa shape index (κ1) is 12.9. The maximum atomic E-state index is 12.2. The van der Waals surface area contributed by atoms with Crippen LogP contribution in [0.4, 0.5) is 5.69 Å². The average Bonchev–Trinajstić information content (AvgIpc) is 2.86. The third-order valence-electron chi connectivity index (χ3n) is 2.97. The van der Waals surface area contributed by atoms with E-state index in [2.05, 4.69) is 26.2 Å². The Kier molecular flexibility index (Phi) is 3.28. The smallest absolute Gasteiger partial charge is 0.260 e. The molecular formula is C15H11BrN2O2. The van der Waals surface area contributed by atoms with Crippen molar-refractivity contribution < 1.29 is 9.21 Å². The van der Waals surface area contributed by atoms with Gasteiger partial charge >= 0.3 is 0 Å². The van der Waals surface area contributed by atoms with Crippen LogP contribution in [0.5, 0.6) is 0 Å². The molecule has 3 aromatic rings. The minimum atomic E-state index is -0.235. The fraction of sp³-hybridized carbons (Fsp3) is 0.0667. The Hall–Kier alpha value is -2.14. The number of anilines is 1. The number of fused-ring (bicyclic) bond motifs is 1. The van der Waals surface area contributed by atoms with E-state index in [0.717, 1.165) is 16.6 Å². The van der Waals surface area contributed by atoms with E-state index in [1.165, 1.54) is 6.26 Å². The Morgan fingerprint density at radius 1 is 1.25 bits per heavy atom. The monoisotopic (exact) mass is 330 g/mol. The molecule has 5 heteroatoms. The SMILES string of the molecule is Cc1ccc2cccc(NC(=O)c3ccoc3Br)c2n1. The normalized spacial score (nSPS) is 10.7. The molecule has 100 valence electrons. The number of aromatic nitrogens is 1. The molecule has 4 nitrogen and oxygen atoms in total. The third-order valence-corrected chi connectivity index (χ3v) is 3.58. The van der Waals surface area contributed by atoms with Crippen molar-refractivity contribution in [3.8, 4) is 0 Å². The van der Waals surface area contributed by atoms with Crippen molar-refractivity contribution in [1.82, 2.24) is 4.98 Å². The van der Waals surface area contributed by atoms with Crippen molar-refractivity contribution in [3.05, 3.63) is 58.6 Å². The molecule has 3 rings (SSSR count). The Balaban J connectivity index is 2.01. The lowest BCUT2D eigenvalue weighted by Gasteiger charge is -2.08. The molecule has 0 aliphatic rings. The van der Waals surface area contributed by atoms with E-state index in [1.807, 2.05) is 37.3 Å². The second-order valence-corrected chi connectivity index (χ2v) is 5.11. The van der Waals surface area contributed by atoms with Crippen molar-refractivity contribution >= 4 is 38.4 Å². The average molecular weight is 331 g/mol. The Morgan fingerprint density at radius 2 is 2.10 bits per heavy atom. The quantitative estimate of drug-likeness (QED) is 0.767. The van der Waals surface area contributed by atoms with E-state index in [1.54, 1.807) is 6.07 Å². The van der Waals surface area contributed by atoms with Crippen LogP contribution in [-0.2, 0) is 0 Å². The molecule has 0 saturated carbocycles. The molecule has 1 amide bonds. The zero-order chi connectivity index (χ0) is 14.1. The second-order valence-electron chi connectivity index (χ2n) is 4.39. The third kappa shape index (κ3) is 2.32. The summed E-state index contributed by atoms with van der Waals surface area (Å²) in [5.41, 5.74) is 2.82. The molecule has 0 spiro atoms. The molecule has 20 heavy (non-hydrogen) atoms. The minimum Gasteiger partial charge on any atom is -0.457 e. The molecule has 2 heterocycles. The number of carbonyl (C=O) groups excluding carboxylic acids is 1. The van der Waals surface area contributed by atoms with Crippen molar-refractivity contribution in [2.75, 3.05) is 5.32 Å². The summed E-state index contributed by atoms with van der Waals surface area (Å²) in [5.74, 6) is -0.235. The molecule has 2 aromatic heterocycles. The first-order valence-corrected chi connectivity index (χ1v) is 6.85. The van der Waals surface area contributed by atoms with E-state index in [4.69, 9.17) is 4.42 Å². The van der Waals surface area contributed by atoms with Gasteiger partial charge in [-0.05, 0) is 41.1 Å². The number of pyridine rings is 1. The largest absolute Gasteiger partial charge is 0.457 e. The summed E-state index contributed by atoms with van der Waals surface area (Å²) < 4.78 is 5.49. The number of hydrogen-bond donors (Lipinski definition) is 1. The number of furan rings is 1. The van der Waals surface area contributed by atoms with Crippen molar-refractivity contribution in [1.29, 1.82) is 0 Å². The van der Waals surface area contributed by atoms with Gasteiger partial charge in [0.15, 0.2) is 4.67 Å². The minimum absolute atomic E-state index is 0.235. The van der Waals surface area contributed by atoms with Gasteiger partial charge in [0.1, 0.15) is 0 Å². The molecule has 0 unspecified atom stereocenters. The van der Waals surface area contributed by atoms with Crippen LogP contribution in [0.1, 0.15) is 16.1 Å². The van der Waals surface area contributed by atoms with Gasteiger partial charge in [0, 0.05) is 11.1 Å². The van der Waals surface area contributed by atoms with Crippen molar-refractivity contribution in [2.45, 2.75) is 6.92 Å². The van der Waals surface area contributed by atoms with Crippen molar-refractivity contribution in [3.63, 3.8) is 0 Å². The number of amides is 1. The molecule has 0 aliphatic heterocycles. The fourth-order valence-corrected chi connectivity index (χ4v) is 2.41. The molecule has 1 aromatic carbocycles. The van der Waals surface area contributed by atoms with Gasteiger partial charge in [-0.3, -0.25) is 9.78 Å². The van der Waals surface area contributed by atoms with Crippen LogP contribution >= 0.6 is 15.9 Å². The number of para-hydroxylation sites is 1. The molecule has 0 aliphatic carbocycles. The maximum absolute atomic E-state index is 12.2. The molecule has 0 atom stereocenters. The molecule has 0 fully saturated rings. The van der Waals surface area contributed by atoms with E-state index < -0.39 is 0 Å². The second kappa shape index (κ2) is 5.09. The zero-order valence-corrected chi connectivity index (χ0v) is 12.3. The van der Waals surface area contributed by atoms with Gasteiger partial charge in [-0.25, -0.2) is 0 Å². The number of aryl methyl sites for hydroxylation is 1. The first-order chi connectivity index (χ1) is 9.65. The van der Waals surface area contributed by atoms with Crippen LogP contribution in [0.25, 0.3) is 10.9 Å². The number of halogens is 1. The van der Waals surface area contributed by atoms with Crippen LogP contribution in [0.15, 0.2) is 51.7 Å². The number of nitrogens with zero attached hydrogens (tertiary/aromatic N) is 1. The van der Waals surface area contributed by atoms with E-state index in [0.29, 0.717) is 15.9 Å². The topological polar surface area (TPSA) is 55.1 Å². The van der Waals surface area contributed by atoms with Gasteiger partial charge in [0.25, 0.3) is 5.91 Å². The van der Waals surface area contributed by atoms with Crippen LogP contribution in [-0.4, -0.2) is 10.9 Å². The first-order valence-electron chi connectivity index (χ1n) is 6.06. The highest BCUT2D eigenvalue weighted by Crippen LogP contribution is 2.24. The summed E-state index contributed by atoms with van der Waals surface area (Å²) in [5, 5.41) is 3.85. The predicted molar refractivity (Wildman–Crippen MR) is 80.8 cm³/mol. The van der Waals surface area contributed by atoms with Crippen molar-refractivity contribution in [2.24, 2.45) is 0 Å². The standard InChI is InChI=1S/C15H11BrN2O2/c1-9-5-6-10-3-2-4-12(13(10)17-9)18-15(19)11-7-8-20-14(11)16/h2-8H,1H3,(H,18,19). The summed E-state index contributed by atoms with van der Waals surface area (Å²) in [6.45, 7) is 1.92.